The Kier molecular flexibility index (Phi) is 6.07. The van der Waals surface area contributed by atoms with Gasteiger partial charge in [-0.05, 0) is 31.4 Å². The number of piperidine rings is 1. The molecule has 3 rings (SSSR count). The minimum Gasteiger partial charge on any atom is -0.475 e. The maximum Gasteiger partial charge on any atom is 0.490 e. The average Bonchev–Trinajstić information content (AvgIpc) is 2.91. The minimum absolute atomic E-state index is 0.0285. The Balaban J connectivity index is 0.000000321. The Bertz CT molecular complexity index is 701. The molecule has 2 saturated heterocycles. The molecule has 0 atom stereocenters. The van der Waals surface area contributed by atoms with Crippen molar-refractivity contribution in [2.24, 2.45) is 5.41 Å². The summed E-state index contributed by atoms with van der Waals surface area (Å²) in [5, 5.41) is 7.12. The summed E-state index contributed by atoms with van der Waals surface area (Å²) in [4.78, 5) is 41.2. The van der Waals surface area contributed by atoms with Gasteiger partial charge in [-0.1, -0.05) is 6.07 Å². The molecule has 27 heavy (non-hydrogen) atoms. The van der Waals surface area contributed by atoms with E-state index in [4.69, 9.17) is 9.90 Å². The SMILES string of the molecule is CN1CCC2(CCN(C(=O)c3ccccn3)CC2)C1=O.O=C(O)C(F)(F)F. The lowest BCUT2D eigenvalue weighted by molar-refractivity contribution is -0.192. The number of likely N-dealkylation sites (tertiary alicyclic amines) is 2. The highest BCUT2D eigenvalue weighted by Crippen LogP contribution is 2.41. The second kappa shape index (κ2) is 7.93. The lowest BCUT2D eigenvalue weighted by atomic mass is 9.77. The largest absolute Gasteiger partial charge is 0.490 e. The average molecular weight is 387 g/mol. The molecule has 1 aromatic rings. The van der Waals surface area contributed by atoms with Crippen LogP contribution in [0, 0.1) is 5.41 Å². The van der Waals surface area contributed by atoms with E-state index in [2.05, 4.69) is 4.98 Å². The zero-order valence-corrected chi connectivity index (χ0v) is 14.7. The molecular formula is C17H20F3N3O4. The van der Waals surface area contributed by atoms with Crippen molar-refractivity contribution in [3.05, 3.63) is 30.1 Å². The first-order valence-electron chi connectivity index (χ1n) is 8.33. The van der Waals surface area contributed by atoms with Gasteiger partial charge in [-0.25, -0.2) is 4.79 Å². The molecule has 10 heteroatoms. The molecule has 0 aromatic carbocycles. The van der Waals surface area contributed by atoms with Gasteiger partial charge in [0.25, 0.3) is 5.91 Å². The summed E-state index contributed by atoms with van der Waals surface area (Å²) in [5.41, 5.74) is 0.272. The van der Waals surface area contributed by atoms with E-state index in [0.29, 0.717) is 18.8 Å². The maximum atomic E-state index is 12.3. The topological polar surface area (TPSA) is 90.8 Å². The number of rotatable bonds is 1. The first-order chi connectivity index (χ1) is 12.6. The van der Waals surface area contributed by atoms with E-state index >= 15 is 0 Å². The van der Waals surface area contributed by atoms with Crippen LogP contribution in [-0.2, 0) is 9.59 Å². The number of carboxylic acids is 1. The van der Waals surface area contributed by atoms with Gasteiger partial charge in [0.05, 0.1) is 5.41 Å². The fourth-order valence-corrected chi connectivity index (χ4v) is 3.25. The van der Waals surface area contributed by atoms with Gasteiger partial charge in [0.15, 0.2) is 0 Å². The molecule has 0 radical (unpaired) electrons. The van der Waals surface area contributed by atoms with E-state index < -0.39 is 12.1 Å². The van der Waals surface area contributed by atoms with Gasteiger partial charge in [0, 0.05) is 32.9 Å². The zero-order chi connectivity index (χ0) is 20.2. The molecule has 2 aliphatic heterocycles. The molecule has 0 saturated carbocycles. The number of carboxylic acid groups (broad SMARTS) is 1. The number of alkyl halides is 3. The van der Waals surface area contributed by atoms with Crippen LogP contribution in [0.25, 0.3) is 0 Å². The number of aromatic nitrogens is 1. The van der Waals surface area contributed by atoms with Crippen molar-refractivity contribution in [1.29, 1.82) is 0 Å². The summed E-state index contributed by atoms with van der Waals surface area (Å²) < 4.78 is 31.7. The smallest absolute Gasteiger partial charge is 0.475 e. The third kappa shape index (κ3) is 4.75. The first kappa shape index (κ1) is 20.7. The van der Waals surface area contributed by atoms with Crippen molar-refractivity contribution in [2.75, 3.05) is 26.7 Å². The van der Waals surface area contributed by atoms with Crippen LogP contribution in [0.4, 0.5) is 13.2 Å². The fourth-order valence-electron chi connectivity index (χ4n) is 3.25. The van der Waals surface area contributed by atoms with Crippen molar-refractivity contribution in [3.63, 3.8) is 0 Å². The number of aliphatic carboxylic acids is 1. The number of hydrogen-bond acceptors (Lipinski definition) is 4. The van der Waals surface area contributed by atoms with Gasteiger partial charge in [-0.3, -0.25) is 14.6 Å². The number of pyridine rings is 1. The Labute approximate surface area is 153 Å². The predicted octanol–water partition coefficient (Wildman–Crippen LogP) is 1.80. The van der Waals surface area contributed by atoms with Gasteiger partial charge in [-0.15, -0.1) is 0 Å². The summed E-state index contributed by atoms with van der Waals surface area (Å²) in [6, 6.07) is 5.36. The lowest BCUT2D eigenvalue weighted by Gasteiger charge is -2.37. The third-order valence-corrected chi connectivity index (χ3v) is 4.86. The van der Waals surface area contributed by atoms with Crippen molar-refractivity contribution >= 4 is 17.8 Å². The van der Waals surface area contributed by atoms with Gasteiger partial charge < -0.3 is 14.9 Å². The highest BCUT2D eigenvalue weighted by molar-refractivity contribution is 5.92. The summed E-state index contributed by atoms with van der Waals surface area (Å²) >= 11 is 0. The molecule has 2 aliphatic rings. The lowest BCUT2D eigenvalue weighted by Crippen LogP contribution is -2.46. The van der Waals surface area contributed by atoms with Crippen LogP contribution in [0.15, 0.2) is 24.4 Å². The first-order valence-corrected chi connectivity index (χ1v) is 8.33. The second-order valence-electron chi connectivity index (χ2n) is 6.57. The summed E-state index contributed by atoms with van der Waals surface area (Å²) in [6.45, 7) is 2.14. The summed E-state index contributed by atoms with van der Waals surface area (Å²) in [5.74, 6) is -2.53. The van der Waals surface area contributed by atoms with E-state index in [-0.39, 0.29) is 17.2 Å². The van der Waals surface area contributed by atoms with Crippen LogP contribution in [0.3, 0.4) is 0 Å². The molecule has 1 spiro atoms. The molecule has 1 aromatic heterocycles. The maximum absolute atomic E-state index is 12.3. The van der Waals surface area contributed by atoms with Crippen LogP contribution < -0.4 is 0 Å². The summed E-state index contributed by atoms with van der Waals surface area (Å²) in [7, 11) is 1.86. The van der Waals surface area contributed by atoms with Crippen LogP contribution in [-0.4, -0.2) is 70.5 Å². The fraction of sp³-hybridized carbons (Fsp3) is 0.529. The van der Waals surface area contributed by atoms with Crippen molar-refractivity contribution in [3.8, 4) is 0 Å². The number of halogens is 3. The van der Waals surface area contributed by atoms with Crippen LogP contribution in [0.5, 0.6) is 0 Å². The standard InChI is InChI=1S/C15H19N3O2.C2HF3O2/c1-17-9-5-15(14(17)20)6-10-18(11-7-15)13(19)12-4-2-3-8-16-12;3-2(4,5)1(6)7/h2-4,8H,5-7,9-11H2,1H3;(H,6,7). The molecule has 2 amide bonds. The molecule has 1 N–H and O–H groups in total. The van der Waals surface area contributed by atoms with Crippen molar-refractivity contribution < 1.29 is 32.7 Å². The minimum atomic E-state index is -5.08. The quantitative estimate of drug-likeness (QED) is 0.794. The number of amides is 2. The zero-order valence-electron chi connectivity index (χ0n) is 14.7. The molecule has 148 valence electrons. The Morgan fingerprint density at radius 1 is 1.15 bits per heavy atom. The van der Waals surface area contributed by atoms with Crippen molar-refractivity contribution in [2.45, 2.75) is 25.4 Å². The monoisotopic (exact) mass is 387 g/mol. The van der Waals surface area contributed by atoms with E-state index in [1.54, 1.807) is 18.3 Å². The van der Waals surface area contributed by atoms with Gasteiger partial charge >= 0.3 is 12.1 Å². The number of nitrogens with zero attached hydrogens (tertiary/aromatic N) is 3. The molecule has 0 unspecified atom stereocenters. The van der Waals surface area contributed by atoms with E-state index in [9.17, 15) is 22.8 Å². The molecular weight excluding hydrogens is 367 g/mol. The molecule has 3 heterocycles. The third-order valence-electron chi connectivity index (χ3n) is 4.86. The van der Waals surface area contributed by atoms with Gasteiger partial charge in [0.2, 0.25) is 5.91 Å². The highest BCUT2D eigenvalue weighted by atomic mass is 19.4. The Morgan fingerprint density at radius 2 is 1.70 bits per heavy atom. The molecule has 0 aliphatic carbocycles. The van der Waals surface area contributed by atoms with Crippen molar-refractivity contribution in [1.82, 2.24) is 14.8 Å². The Morgan fingerprint density at radius 3 is 2.11 bits per heavy atom. The summed E-state index contributed by atoms with van der Waals surface area (Å²) in [6.07, 6.45) is -0.981. The van der Waals surface area contributed by atoms with Gasteiger partial charge in [-0.2, -0.15) is 13.2 Å². The van der Waals surface area contributed by atoms with Crippen LogP contribution >= 0.6 is 0 Å². The molecule has 0 bridgehead atoms. The van der Waals surface area contributed by atoms with E-state index in [0.717, 1.165) is 25.8 Å². The van der Waals surface area contributed by atoms with Gasteiger partial charge in [0.1, 0.15) is 5.69 Å². The molecule has 7 nitrogen and oxygen atoms in total. The number of carbonyl (C=O) groups excluding carboxylic acids is 2. The van der Waals surface area contributed by atoms with E-state index in [1.165, 1.54) is 0 Å². The number of hydrogen-bond donors (Lipinski definition) is 1. The predicted molar refractivity (Wildman–Crippen MR) is 87.8 cm³/mol. The van der Waals surface area contributed by atoms with E-state index in [1.807, 2.05) is 22.9 Å². The number of carbonyl (C=O) groups is 3. The van der Waals surface area contributed by atoms with Crippen LogP contribution in [0.1, 0.15) is 29.8 Å². The highest BCUT2D eigenvalue weighted by Gasteiger charge is 2.47. The second-order valence-corrected chi connectivity index (χ2v) is 6.57. The molecule has 2 fully saturated rings. The van der Waals surface area contributed by atoms with Crippen LogP contribution in [0.2, 0.25) is 0 Å². The normalized spacial score (nSPS) is 18.9. The Hall–Kier alpha value is -2.65.